The van der Waals surface area contributed by atoms with Gasteiger partial charge in [-0.05, 0) is 94.6 Å². The van der Waals surface area contributed by atoms with Crippen LogP contribution in [0.25, 0.3) is 0 Å². The standard InChI is InChI=1S/C22H21I2N9O/c1-3-18-28-20(31-21(29-18)30-19-10-12(2)32-33-19)25-13-4-6-14(7-5-13)26-22(34)27-15-8-9-16(23)17(24)11-15/h4-11H,3H2,1-2H3,(H2,26,27,34)(H3,25,28,29,30,31,32,33). The number of amides is 2. The fourth-order valence-electron chi connectivity index (χ4n) is 2.92. The van der Waals surface area contributed by atoms with Crippen molar-refractivity contribution in [2.45, 2.75) is 20.3 Å². The zero-order valence-corrected chi connectivity index (χ0v) is 22.6. The van der Waals surface area contributed by atoms with E-state index >= 15 is 0 Å². The summed E-state index contributed by atoms with van der Waals surface area (Å²) in [6, 6.07) is 14.6. The van der Waals surface area contributed by atoms with Crippen molar-refractivity contribution in [2.75, 3.05) is 21.3 Å². The number of halogens is 2. The molecule has 2 amide bonds. The molecule has 34 heavy (non-hydrogen) atoms. The largest absolute Gasteiger partial charge is 0.324 e. The zero-order valence-electron chi connectivity index (χ0n) is 18.3. The van der Waals surface area contributed by atoms with Gasteiger partial charge in [-0.2, -0.15) is 20.1 Å². The van der Waals surface area contributed by atoms with Gasteiger partial charge in [-0.25, -0.2) is 4.79 Å². The van der Waals surface area contributed by atoms with Crippen molar-refractivity contribution < 1.29 is 4.79 Å². The molecule has 0 unspecified atom stereocenters. The molecule has 4 rings (SSSR count). The van der Waals surface area contributed by atoms with Gasteiger partial charge in [0.15, 0.2) is 5.82 Å². The molecular weight excluding hydrogens is 660 g/mol. The first-order valence-electron chi connectivity index (χ1n) is 10.3. The fraction of sp³-hybridized carbons (Fsp3) is 0.136. The molecule has 0 radical (unpaired) electrons. The Bertz CT molecular complexity index is 1310. The maximum Gasteiger partial charge on any atom is 0.323 e. The molecule has 0 fully saturated rings. The number of H-pyrrole nitrogens is 1. The minimum Gasteiger partial charge on any atom is -0.324 e. The molecule has 0 bridgehead atoms. The Morgan fingerprint density at radius 1 is 0.853 bits per heavy atom. The van der Waals surface area contributed by atoms with Crippen molar-refractivity contribution in [3.8, 4) is 0 Å². The van der Waals surface area contributed by atoms with Crippen LogP contribution >= 0.6 is 45.2 Å². The average molecular weight is 681 g/mol. The third-order valence-electron chi connectivity index (χ3n) is 4.52. The molecule has 2 aromatic heterocycles. The van der Waals surface area contributed by atoms with Gasteiger partial charge in [0.1, 0.15) is 5.82 Å². The van der Waals surface area contributed by atoms with E-state index in [9.17, 15) is 4.79 Å². The van der Waals surface area contributed by atoms with Crippen LogP contribution < -0.4 is 21.3 Å². The molecule has 0 saturated carbocycles. The maximum absolute atomic E-state index is 12.3. The minimum atomic E-state index is -0.313. The van der Waals surface area contributed by atoms with E-state index in [0.29, 0.717) is 35.6 Å². The first-order chi connectivity index (χ1) is 16.4. The summed E-state index contributed by atoms with van der Waals surface area (Å²) in [5.74, 6) is 2.09. The summed E-state index contributed by atoms with van der Waals surface area (Å²) >= 11 is 4.49. The normalized spacial score (nSPS) is 10.6. The first kappa shape index (κ1) is 24.1. The summed E-state index contributed by atoms with van der Waals surface area (Å²) in [5.41, 5.74) is 3.09. The van der Waals surface area contributed by atoms with E-state index in [1.165, 1.54) is 0 Å². The number of aromatic nitrogens is 5. The number of hydrogen-bond acceptors (Lipinski definition) is 7. The number of carbonyl (C=O) groups excluding carboxylic acids is 1. The van der Waals surface area contributed by atoms with Crippen molar-refractivity contribution >= 4 is 86.0 Å². The van der Waals surface area contributed by atoms with Gasteiger partial charge in [0.2, 0.25) is 11.9 Å². The van der Waals surface area contributed by atoms with Crippen molar-refractivity contribution in [1.82, 2.24) is 25.1 Å². The first-order valence-corrected chi connectivity index (χ1v) is 12.5. The van der Waals surface area contributed by atoms with Crippen molar-refractivity contribution in [2.24, 2.45) is 0 Å². The number of nitrogens with zero attached hydrogens (tertiary/aromatic N) is 4. The lowest BCUT2D eigenvalue weighted by atomic mass is 10.3. The van der Waals surface area contributed by atoms with Crippen LogP contribution in [-0.2, 0) is 6.42 Å². The number of rotatable bonds is 7. The van der Waals surface area contributed by atoms with Crippen molar-refractivity contribution in [3.63, 3.8) is 0 Å². The van der Waals surface area contributed by atoms with Gasteiger partial charge in [-0.1, -0.05) is 6.92 Å². The molecular formula is C22H21I2N9O. The lowest BCUT2D eigenvalue weighted by molar-refractivity contribution is 0.262. The van der Waals surface area contributed by atoms with Gasteiger partial charge in [0.05, 0.1) is 0 Å². The van der Waals surface area contributed by atoms with Gasteiger partial charge in [-0.3, -0.25) is 5.10 Å². The Morgan fingerprint density at radius 2 is 1.50 bits per heavy atom. The lowest BCUT2D eigenvalue weighted by Gasteiger charge is -2.11. The number of aromatic amines is 1. The third-order valence-corrected chi connectivity index (χ3v) is 7.39. The predicted molar refractivity (Wildman–Crippen MR) is 150 cm³/mol. The Morgan fingerprint density at radius 3 is 2.15 bits per heavy atom. The number of anilines is 6. The number of nitrogens with one attached hydrogen (secondary N) is 5. The summed E-state index contributed by atoms with van der Waals surface area (Å²) < 4.78 is 2.21. The fourth-order valence-corrected chi connectivity index (χ4v) is 3.77. The number of urea groups is 1. The molecule has 0 aliphatic heterocycles. The molecule has 5 N–H and O–H groups in total. The summed E-state index contributed by atoms with van der Waals surface area (Å²) in [5, 5.41) is 19.0. The monoisotopic (exact) mass is 681 g/mol. The molecule has 10 nitrogen and oxygen atoms in total. The predicted octanol–water partition coefficient (Wildman–Crippen LogP) is 5.81. The van der Waals surface area contributed by atoms with Gasteiger partial charge in [0, 0.05) is 42.4 Å². The molecule has 0 spiro atoms. The van der Waals surface area contributed by atoms with E-state index in [2.05, 4.69) is 91.6 Å². The molecule has 0 aliphatic carbocycles. The van der Waals surface area contributed by atoms with Crippen LogP contribution in [0.3, 0.4) is 0 Å². The summed E-state index contributed by atoms with van der Waals surface area (Å²) in [4.78, 5) is 25.6. The highest BCUT2D eigenvalue weighted by molar-refractivity contribution is 14.1. The van der Waals surface area contributed by atoms with Gasteiger partial charge in [0.25, 0.3) is 0 Å². The number of benzene rings is 2. The van der Waals surface area contributed by atoms with Gasteiger partial charge in [-0.15, -0.1) is 0 Å². The van der Waals surface area contributed by atoms with E-state index in [1.54, 1.807) is 12.1 Å². The second kappa shape index (κ2) is 10.9. The molecule has 0 atom stereocenters. The van der Waals surface area contributed by atoms with E-state index in [1.807, 2.05) is 50.2 Å². The Labute approximate surface area is 223 Å². The molecule has 0 saturated heterocycles. The second-order valence-electron chi connectivity index (χ2n) is 7.22. The van der Waals surface area contributed by atoms with Crippen LogP contribution in [0.1, 0.15) is 18.4 Å². The molecule has 0 aliphatic rings. The van der Waals surface area contributed by atoms with Crippen LogP contribution in [0.15, 0.2) is 48.5 Å². The smallest absolute Gasteiger partial charge is 0.323 e. The van der Waals surface area contributed by atoms with Crippen LogP contribution in [0.5, 0.6) is 0 Å². The number of hydrogen-bond donors (Lipinski definition) is 5. The van der Waals surface area contributed by atoms with Crippen LogP contribution in [-0.4, -0.2) is 31.2 Å². The Kier molecular flexibility index (Phi) is 7.77. The quantitative estimate of drug-likeness (QED) is 0.156. The van der Waals surface area contributed by atoms with Crippen LogP contribution in [0.2, 0.25) is 0 Å². The molecule has 174 valence electrons. The van der Waals surface area contributed by atoms with Gasteiger partial charge >= 0.3 is 6.03 Å². The summed E-state index contributed by atoms with van der Waals surface area (Å²) in [6.07, 6.45) is 0.656. The van der Waals surface area contributed by atoms with Crippen LogP contribution in [0.4, 0.5) is 39.6 Å². The number of aryl methyl sites for hydroxylation is 2. The van der Waals surface area contributed by atoms with Crippen molar-refractivity contribution in [3.05, 3.63) is 67.2 Å². The zero-order chi connectivity index (χ0) is 24.1. The highest BCUT2D eigenvalue weighted by Crippen LogP contribution is 2.21. The lowest BCUT2D eigenvalue weighted by Crippen LogP contribution is -2.19. The third kappa shape index (κ3) is 6.53. The maximum atomic E-state index is 12.3. The molecule has 2 heterocycles. The summed E-state index contributed by atoms with van der Waals surface area (Å²) in [7, 11) is 0. The molecule has 12 heteroatoms. The van der Waals surface area contributed by atoms with E-state index in [0.717, 1.165) is 24.2 Å². The highest BCUT2D eigenvalue weighted by atomic mass is 127. The van der Waals surface area contributed by atoms with Gasteiger partial charge < -0.3 is 21.3 Å². The van der Waals surface area contributed by atoms with Crippen LogP contribution in [0, 0.1) is 14.1 Å². The minimum absolute atomic E-state index is 0.313. The molecule has 4 aromatic rings. The highest BCUT2D eigenvalue weighted by Gasteiger charge is 2.09. The number of carbonyl (C=O) groups is 1. The summed E-state index contributed by atoms with van der Waals surface area (Å²) in [6.45, 7) is 3.89. The van der Waals surface area contributed by atoms with E-state index in [4.69, 9.17) is 0 Å². The van der Waals surface area contributed by atoms with E-state index in [-0.39, 0.29) is 6.03 Å². The second-order valence-corrected chi connectivity index (χ2v) is 9.55. The topological polar surface area (TPSA) is 133 Å². The SMILES string of the molecule is CCc1nc(Nc2ccc(NC(=O)Nc3ccc(I)c(I)c3)cc2)nc(Nc2cc(C)[nH]n2)n1. The average Bonchev–Trinajstić information content (AvgIpc) is 3.21. The molecule has 2 aromatic carbocycles. The Balaban J connectivity index is 1.40. The van der Waals surface area contributed by atoms with Crippen molar-refractivity contribution in [1.29, 1.82) is 0 Å². The van der Waals surface area contributed by atoms with E-state index < -0.39 is 0 Å². The Hall–Kier alpha value is -3.01.